The van der Waals surface area contributed by atoms with Gasteiger partial charge in [-0.2, -0.15) is 0 Å². The summed E-state index contributed by atoms with van der Waals surface area (Å²) in [6.45, 7) is 2.05. The van der Waals surface area contributed by atoms with Gasteiger partial charge in [0.2, 0.25) is 5.91 Å². The summed E-state index contributed by atoms with van der Waals surface area (Å²) in [6, 6.07) is 16.5. The molecular weight excluding hydrogens is 320 g/mol. The van der Waals surface area contributed by atoms with Gasteiger partial charge in [0.25, 0.3) is 0 Å². The summed E-state index contributed by atoms with van der Waals surface area (Å²) in [5, 5.41) is 11.7. The number of carbonyl (C=O) groups excluding carboxylic acids is 1. The minimum atomic E-state index is -0.874. The number of aliphatic carboxylic acids is 1. The van der Waals surface area contributed by atoms with Crippen molar-refractivity contribution in [3.63, 3.8) is 0 Å². The number of carbonyl (C=O) groups is 2. The topological polar surface area (TPSA) is 78.9 Å². The molecule has 2 rings (SSSR count). The molecule has 1 unspecified atom stereocenters. The highest BCUT2D eigenvalue weighted by atomic mass is 16.5. The molecule has 0 saturated carbocycles. The van der Waals surface area contributed by atoms with Crippen LogP contribution in [0.15, 0.2) is 54.6 Å². The normalized spacial score (nSPS) is 11.8. The summed E-state index contributed by atoms with van der Waals surface area (Å²) in [5.41, 5.74) is 0.657. The predicted octanol–water partition coefficient (Wildman–Crippen LogP) is 3.07. The minimum absolute atomic E-state index is 0.125. The molecule has 0 bridgehead atoms. The molecule has 25 heavy (non-hydrogen) atoms. The molecule has 2 N–H and O–H groups in total. The number of carboxylic acids is 1. The maximum Gasteiger partial charge on any atom is 0.307 e. The van der Waals surface area contributed by atoms with Crippen molar-refractivity contribution in [3.05, 3.63) is 54.6 Å². The zero-order valence-electron chi connectivity index (χ0n) is 14.3. The molecule has 0 heterocycles. The van der Waals surface area contributed by atoms with E-state index in [-0.39, 0.29) is 12.5 Å². The fourth-order valence-electron chi connectivity index (χ4n) is 2.29. The van der Waals surface area contributed by atoms with E-state index in [2.05, 4.69) is 5.32 Å². The zero-order chi connectivity index (χ0) is 18.2. The van der Waals surface area contributed by atoms with Crippen LogP contribution in [0.3, 0.4) is 0 Å². The lowest BCUT2D eigenvalue weighted by Gasteiger charge is -2.18. The number of nitrogens with one attached hydrogen (secondary N) is 1. The molecule has 2 aromatic carbocycles. The first-order valence-corrected chi connectivity index (χ1v) is 7.98. The van der Waals surface area contributed by atoms with E-state index in [1.165, 1.54) is 0 Å². The van der Waals surface area contributed by atoms with Crippen LogP contribution in [0, 0.1) is 5.92 Å². The number of rotatable bonds is 8. The summed E-state index contributed by atoms with van der Waals surface area (Å²) in [5.74, 6) is -0.171. The number of ether oxygens (including phenoxy) is 1. The first-order chi connectivity index (χ1) is 11.9. The number of para-hydroxylation sites is 1. The maximum absolute atomic E-state index is 12.0. The molecule has 0 saturated heterocycles. The van der Waals surface area contributed by atoms with Crippen LogP contribution >= 0.6 is 0 Å². The van der Waals surface area contributed by atoms with Gasteiger partial charge in [-0.1, -0.05) is 25.1 Å². The first-order valence-electron chi connectivity index (χ1n) is 7.98. The highest BCUT2D eigenvalue weighted by molar-refractivity contribution is 5.92. The zero-order valence-corrected chi connectivity index (χ0v) is 14.3. The Bertz CT molecular complexity index is 701. The van der Waals surface area contributed by atoms with Crippen molar-refractivity contribution in [2.75, 3.05) is 25.5 Å². The molecule has 0 radical (unpaired) electrons. The lowest BCUT2D eigenvalue weighted by molar-refractivity contribution is -0.141. The van der Waals surface area contributed by atoms with Crippen LogP contribution in [-0.4, -0.2) is 42.0 Å². The monoisotopic (exact) mass is 342 g/mol. The van der Waals surface area contributed by atoms with E-state index < -0.39 is 11.9 Å². The molecule has 0 spiro atoms. The van der Waals surface area contributed by atoms with E-state index in [9.17, 15) is 9.59 Å². The Balaban J connectivity index is 1.84. The van der Waals surface area contributed by atoms with Crippen LogP contribution in [0.1, 0.15) is 6.92 Å². The first kappa shape index (κ1) is 18.5. The Morgan fingerprint density at radius 3 is 2.28 bits per heavy atom. The van der Waals surface area contributed by atoms with Crippen LogP contribution in [0.5, 0.6) is 11.5 Å². The average Bonchev–Trinajstić information content (AvgIpc) is 2.57. The lowest BCUT2D eigenvalue weighted by atomic mass is 10.2. The molecule has 0 aliphatic heterocycles. The predicted molar refractivity (Wildman–Crippen MR) is 95.9 cm³/mol. The minimum Gasteiger partial charge on any atom is -0.481 e. The quantitative estimate of drug-likeness (QED) is 0.771. The Morgan fingerprint density at radius 1 is 1.08 bits per heavy atom. The summed E-state index contributed by atoms with van der Waals surface area (Å²) in [4.78, 5) is 24.5. The molecule has 1 amide bonds. The molecule has 1 atom stereocenters. The van der Waals surface area contributed by atoms with Gasteiger partial charge >= 0.3 is 5.97 Å². The van der Waals surface area contributed by atoms with Gasteiger partial charge in [0.05, 0.1) is 12.5 Å². The summed E-state index contributed by atoms with van der Waals surface area (Å²) < 4.78 is 5.69. The second-order valence-electron chi connectivity index (χ2n) is 5.92. The molecule has 0 fully saturated rings. The van der Waals surface area contributed by atoms with Gasteiger partial charge in [-0.3, -0.25) is 14.5 Å². The van der Waals surface area contributed by atoms with Crippen LogP contribution in [0.2, 0.25) is 0 Å². The van der Waals surface area contributed by atoms with Crippen LogP contribution < -0.4 is 10.1 Å². The standard InChI is InChI=1S/C19H22N2O4/c1-14(19(23)24)12-21(2)13-18(22)20-15-8-10-17(11-9-15)25-16-6-4-3-5-7-16/h3-11,14H,12-13H2,1-2H3,(H,20,22)(H,23,24). The number of carboxylic acid groups (broad SMARTS) is 1. The van der Waals surface area contributed by atoms with Gasteiger partial charge in [-0.05, 0) is 43.4 Å². The van der Waals surface area contributed by atoms with Crippen LogP contribution in [-0.2, 0) is 9.59 Å². The maximum atomic E-state index is 12.0. The molecular formula is C19H22N2O4. The Morgan fingerprint density at radius 2 is 1.68 bits per heavy atom. The number of hydrogen-bond donors (Lipinski definition) is 2. The van der Waals surface area contributed by atoms with Gasteiger partial charge < -0.3 is 15.2 Å². The number of amides is 1. The number of hydrogen-bond acceptors (Lipinski definition) is 4. The van der Waals surface area contributed by atoms with E-state index in [1.807, 2.05) is 30.3 Å². The molecule has 0 aromatic heterocycles. The van der Waals surface area contributed by atoms with E-state index >= 15 is 0 Å². The van der Waals surface area contributed by atoms with Crippen molar-refractivity contribution in [1.29, 1.82) is 0 Å². The van der Waals surface area contributed by atoms with Gasteiger partial charge in [0, 0.05) is 12.2 Å². The molecule has 132 valence electrons. The summed E-state index contributed by atoms with van der Waals surface area (Å²) >= 11 is 0. The van der Waals surface area contributed by atoms with Crippen LogP contribution in [0.4, 0.5) is 5.69 Å². The molecule has 6 heteroatoms. The summed E-state index contributed by atoms with van der Waals surface area (Å²) in [7, 11) is 1.72. The van der Waals surface area contributed by atoms with E-state index in [1.54, 1.807) is 43.1 Å². The van der Waals surface area contributed by atoms with Crippen LogP contribution in [0.25, 0.3) is 0 Å². The third-order valence-corrected chi connectivity index (χ3v) is 3.54. The SMILES string of the molecule is CC(CN(C)CC(=O)Nc1ccc(Oc2ccccc2)cc1)C(=O)O. The largest absolute Gasteiger partial charge is 0.481 e. The molecule has 6 nitrogen and oxygen atoms in total. The molecule has 0 aliphatic carbocycles. The van der Waals surface area contributed by atoms with E-state index in [0.29, 0.717) is 18.0 Å². The molecule has 0 aliphatic rings. The number of benzene rings is 2. The third kappa shape index (κ3) is 6.27. The second kappa shape index (κ2) is 8.84. The van der Waals surface area contributed by atoms with Crippen molar-refractivity contribution in [3.8, 4) is 11.5 Å². The van der Waals surface area contributed by atoms with Gasteiger partial charge in [-0.25, -0.2) is 0 Å². The Kier molecular flexibility index (Phi) is 6.54. The van der Waals surface area contributed by atoms with Crippen molar-refractivity contribution >= 4 is 17.6 Å². The van der Waals surface area contributed by atoms with E-state index in [4.69, 9.17) is 9.84 Å². The number of anilines is 1. The smallest absolute Gasteiger partial charge is 0.307 e. The van der Waals surface area contributed by atoms with Crippen molar-refractivity contribution in [2.24, 2.45) is 5.92 Å². The van der Waals surface area contributed by atoms with Gasteiger partial charge in [0.1, 0.15) is 11.5 Å². The third-order valence-electron chi connectivity index (χ3n) is 3.54. The van der Waals surface area contributed by atoms with Crippen molar-refractivity contribution < 1.29 is 19.4 Å². The highest BCUT2D eigenvalue weighted by Crippen LogP contribution is 2.22. The fourth-order valence-corrected chi connectivity index (χ4v) is 2.29. The highest BCUT2D eigenvalue weighted by Gasteiger charge is 2.15. The lowest BCUT2D eigenvalue weighted by Crippen LogP contribution is -2.35. The Labute approximate surface area is 147 Å². The van der Waals surface area contributed by atoms with Crippen molar-refractivity contribution in [1.82, 2.24) is 4.90 Å². The summed E-state index contributed by atoms with van der Waals surface area (Å²) in [6.07, 6.45) is 0. The average molecular weight is 342 g/mol. The molecule has 2 aromatic rings. The second-order valence-corrected chi connectivity index (χ2v) is 5.92. The van der Waals surface area contributed by atoms with Gasteiger partial charge in [-0.15, -0.1) is 0 Å². The number of likely N-dealkylation sites (N-methyl/N-ethyl adjacent to an activating group) is 1. The van der Waals surface area contributed by atoms with E-state index in [0.717, 1.165) is 5.75 Å². The Hall–Kier alpha value is -2.86. The fraction of sp³-hybridized carbons (Fsp3) is 0.263. The van der Waals surface area contributed by atoms with Crippen molar-refractivity contribution in [2.45, 2.75) is 6.92 Å². The number of nitrogens with zero attached hydrogens (tertiary/aromatic N) is 1. The van der Waals surface area contributed by atoms with Gasteiger partial charge in [0.15, 0.2) is 0 Å².